The van der Waals surface area contributed by atoms with Crippen LogP contribution in [0.25, 0.3) is 22.0 Å². The normalized spacial score (nSPS) is 12.5. The number of nitrogens with two attached hydrogens (primary N) is 1. The number of carboxylic acids is 1. The quantitative estimate of drug-likeness (QED) is 0.776. The minimum absolute atomic E-state index is 0.306. The molecule has 0 saturated heterocycles. The van der Waals surface area contributed by atoms with E-state index in [1.807, 2.05) is 44.3 Å². The van der Waals surface area contributed by atoms with Gasteiger partial charge in [-0.05, 0) is 41.8 Å². The Morgan fingerprint density at radius 1 is 1.30 bits per heavy atom. The van der Waals surface area contributed by atoms with Crippen molar-refractivity contribution in [2.24, 2.45) is 12.8 Å². The molecule has 1 aromatic carbocycles. The average molecular weight is 309 g/mol. The number of benzene rings is 1. The lowest BCUT2D eigenvalue weighted by atomic mass is 9.96. The molecule has 2 aromatic heterocycles. The number of pyridine rings is 1. The van der Waals surface area contributed by atoms with Crippen LogP contribution >= 0.6 is 0 Å². The molecule has 5 nitrogen and oxygen atoms in total. The van der Waals surface area contributed by atoms with Crippen molar-refractivity contribution in [1.29, 1.82) is 0 Å². The average Bonchev–Trinajstić information content (AvgIpc) is 2.80. The van der Waals surface area contributed by atoms with Crippen molar-refractivity contribution >= 4 is 16.9 Å². The highest BCUT2D eigenvalue weighted by atomic mass is 16.4. The molecule has 2 heterocycles. The van der Waals surface area contributed by atoms with Gasteiger partial charge < -0.3 is 15.4 Å². The van der Waals surface area contributed by atoms with Crippen LogP contribution in [0.2, 0.25) is 0 Å². The van der Waals surface area contributed by atoms with Crippen molar-refractivity contribution in [3.63, 3.8) is 0 Å². The van der Waals surface area contributed by atoms with E-state index in [4.69, 9.17) is 10.8 Å². The molecule has 0 saturated carbocycles. The zero-order valence-corrected chi connectivity index (χ0v) is 13.2. The van der Waals surface area contributed by atoms with Crippen LogP contribution < -0.4 is 5.73 Å². The van der Waals surface area contributed by atoms with Gasteiger partial charge in [-0.2, -0.15) is 0 Å². The first kappa shape index (κ1) is 15.2. The molecule has 3 rings (SSSR count). The van der Waals surface area contributed by atoms with E-state index in [2.05, 4.69) is 9.55 Å². The molecule has 118 valence electrons. The van der Waals surface area contributed by atoms with Gasteiger partial charge in [0.1, 0.15) is 6.04 Å². The highest BCUT2D eigenvalue weighted by Crippen LogP contribution is 2.34. The van der Waals surface area contributed by atoms with E-state index >= 15 is 0 Å². The molecule has 23 heavy (non-hydrogen) atoms. The Morgan fingerprint density at radius 3 is 2.65 bits per heavy atom. The maximum Gasteiger partial charge on any atom is 0.320 e. The van der Waals surface area contributed by atoms with Gasteiger partial charge in [0.2, 0.25) is 0 Å². The van der Waals surface area contributed by atoms with E-state index in [1.165, 1.54) is 0 Å². The van der Waals surface area contributed by atoms with Crippen LogP contribution in [0, 0.1) is 6.92 Å². The van der Waals surface area contributed by atoms with Crippen LogP contribution in [0.3, 0.4) is 0 Å². The Bertz CT molecular complexity index is 869. The Morgan fingerprint density at radius 2 is 2.00 bits per heavy atom. The molecule has 0 aliphatic heterocycles. The Kier molecular flexibility index (Phi) is 3.88. The van der Waals surface area contributed by atoms with Crippen molar-refractivity contribution in [1.82, 2.24) is 9.55 Å². The largest absolute Gasteiger partial charge is 0.480 e. The van der Waals surface area contributed by atoms with Gasteiger partial charge in [0.05, 0.1) is 0 Å². The van der Waals surface area contributed by atoms with Crippen LogP contribution in [0.1, 0.15) is 11.3 Å². The summed E-state index contributed by atoms with van der Waals surface area (Å²) in [6.45, 7) is 2.00. The van der Waals surface area contributed by atoms with Crippen molar-refractivity contribution in [3.8, 4) is 11.1 Å². The number of aromatic nitrogens is 2. The Labute approximate surface area is 134 Å². The SMILES string of the molecule is Cc1c(CC(N)C(=O)O)c2c(-c3ccncc3)cccc2n1C. The van der Waals surface area contributed by atoms with Crippen molar-refractivity contribution in [2.45, 2.75) is 19.4 Å². The van der Waals surface area contributed by atoms with E-state index in [0.29, 0.717) is 6.42 Å². The molecule has 1 unspecified atom stereocenters. The fourth-order valence-electron chi connectivity index (χ4n) is 3.03. The van der Waals surface area contributed by atoms with Crippen LogP contribution in [-0.4, -0.2) is 26.7 Å². The van der Waals surface area contributed by atoms with E-state index in [0.717, 1.165) is 33.3 Å². The van der Waals surface area contributed by atoms with Crippen LogP contribution in [0.5, 0.6) is 0 Å². The predicted octanol–water partition coefficient (Wildman–Crippen LogP) is 2.50. The monoisotopic (exact) mass is 309 g/mol. The van der Waals surface area contributed by atoms with Gasteiger partial charge in [0.25, 0.3) is 0 Å². The standard InChI is InChI=1S/C18H19N3O2/c1-11-14(10-15(19)18(22)23)17-13(12-6-8-20-9-7-12)4-3-5-16(17)21(11)2/h3-9,15H,10,19H2,1-2H3,(H,22,23). The van der Waals surface area contributed by atoms with Gasteiger partial charge in [0, 0.05) is 42.5 Å². The smallest absolute Gasteiger partial charge is 0.320 e. The molecule has 0 bridgehead atoms. The number of hydrogen-bond acceptors (Lipinski definition) is 3. The molecular weight excluding hydrogens is 290 g/mol. The lowest BCUT2D eigenvalue weighted by Crippen LogP contribution is -2.32. The number of fused-ring (bicyclic) bond motifs is 1. The lowest BCUT2D eigenvalue weighted by Gasteiger charge is -2.09. The molecule has 0 amide bonds. The summed E-state index contributed by atoms with van der Waals surface area (Å²) >= 11 is 0. The van der Waals surface area contributed by atoms with Gasteiger partial charge in [-0.25, -0.2) is 0 Å². The summed E-state index contributed by atoms with van der Waals surface area (Å²) < 4.78 is 2.09. The summed E-state index contributed by atoms with van der Waals surface area (Å²) in [7, 11) is 1.99. The zero-order chi connectivity index (χ0) is 16.6. The second-order valence-corrected chi connectivity index (χ2v) is 5.71. The first-order chi connectivity index (χ1) is 11.0. The molecule has 3 aromatic rings. The Hall–Kier alpha value is -2.66. The zero-order valence-electron chi connectivity index (χ0n) is 13.2. The number of aliphatic carboxylic acids is 1. The lowest BCUT2D eigenvalue weighted by molar-refractivity contribution is -0.138. The summed E-state index contributed by atoms with van der Waals surface area (Å²) in [6.07, 6.45) is 3.82. The number of hydrogen-bond donors (Lipinski definition) is 2. The minimum Gasteiger partial charge on any atom is -0.480 e. The number of nitrogens with zero attached hydrogens (tertiary/aromatic N) is 2. The summed E-state index contributed by atoms with van der Waals surface area (Å²) in [5, 5.41) is 10.2. The number of carboxylic acid groups (broad SMARTS) is 1. The van der Waals surface area contributed by atoms with Gasteiger partial charge in [-0.3, -0.25) is 9.78 Å². The van der Waals surface area contributed by atoms with Crippen molar-refractivity contribution in [3.05, 3.63) is 54.0 Å². The van der Waals surface area contributed by atoms with E-state index in [-0.39, 0.29) is 0 Å². The van der Waals surface area contributed by atoms with Gasteiger partial charge >= 0.3 is 5.97 Å². The first-order valence-corrected chi connectivity index (χ1v) is 7.46. The topological polar surface area (TPSA) is 81.1 Å². The second-order valence-electron chi connectivity index (χ2n) is 5.71. The minimum atomic E-state index is -0.984. The molecule has 0 aliphatic carbocycles. The highest BCUT2D eigenvalue weighted by molar-refractivity contribution is 5.99. The van der Waals surface area contributed by atoms with E-state index in [1.54, 1.807) is 12.4 Å². The fraction of sp³-hybridized carbons (Fsp3) is 0.222. The number of aryl methyl sites for hydroxylation is 1. The molecule has 3 N–H and O–H groups in total. The molecular formula is C18H19N3O2. The number of carbonyl (C=O) groups is 1. The third-order valence-corrected chi connectivity index (χ3v) is 4.38. The first-order valence-electron chi connectivity index (χ1n) is 7.46. The van der Waals surface area contributed by atoms with Crippen molar-refractivity contribution < 1.29 is 9.90 Å². The van der Waals surface area contributed by atoms with Gasteiger partial charge in [-0.1, -0.05) is 12.1 Å². The molecule has 0 aliphatic rings. The third-order valence-electron chi connectivity index (χ3n) is 4.38. The molecule has 0 spiro atoms. The highest BCUT2D eigenvalue weighted by Gasteiger charge is 2.20. The summed E-state index contributed by atoms with van der Waals surface area (Å²) in [5.74, 6) is -0.984. The molecule has 0 radical (unpaired) electrons. The fourth-order valence-corrected chi connectivity index (χ4v) is 3.03. The van der Waals surface area contributed by atoms with Gasteiger partial charge in [-0.15, -0.1) is 0 Å². The molecule has 5 heteroatoms. The molecule has 1 atom stereocenters. The second kappa shape index (κ2) is 5.85. The van der Waals surface area contributed by atoms with Gasteiger partial charge in [0.15, 0.2) is 0 Å². The third kappa shape index (κ3) is 2.59. The van der Waals surface area contributed by atoms with Crippen LogP contribution in [0.15, 0.2) is 42.7 Å². The van der Waals surface area contributed by atoms with E-state index < -0.39 is 12.0 Å². The Balaban J connectivity index is 2.27. The maximum atomic E-state index is 11.2. The van der Waals surface area contributed by atoms with Crippen LogP contribution in [-0.2, 0) is 18.3 Å². The summed E-state index contributed by atoms with van der Waals surface area (Å²) in [4.78, 5) is 15.2. The summed E-state index contributed by atoms with van der Waals surface area (Å²) in [5.41, 5.74) is 11.0. The number of rotatable bonds is 4. The maximum absolute atomic E-state index is 11.2. The van der Waals surface area contributed by atoms with Crippen LogP contribution in [0.4, 0.5) is 0 Å². The van der Waals surface area contributed by atoms with E-state index in [9.17, 15) is 4.79 Å². The molecule has 0 fully saturated rings. The summed E-state index contributed by atoms with van der Waals surface area (Å²) in [6, 6.07) is 9.11. The van der Waals surface area contributed by atoms with Crippen molar-refractivity contribution in [2.75, 3.05) is 0 Å². The predicted molar refractivity (Wildman–Crippen MR) is 90.2 cm³/mol.